The Morgan fingerprint density at radius 1 is 1.30 bits per heavy atom. The minimum Gasteiger partial charge on any atom is -0.348 e. The van der Waals surface area contributed by atoms with E-state index in [1.54, 1.807) is 6.92 Å². The molecule has 14 nitrogen and oxygen atoms in total. The lowest BCUT2D eigenvalue weighted by Crippen LogP contribution is -2.32. The van der Waals surface area contributed by atoms with Crippen molar-refractivity contribution in [3.63, 3.8) is 0 Å². The van der Waals surface area contributed by atoms with Crippen molar-refractivity contribution >= 4 is 35.7 Å². The van der Waals surface area contributed by atoms with Gasteiger partial charge in [0.25, 0.3) is 0 Å². The molecule has 1 aliphatic carbocycles. The maximum absolute atomic E-state index is 13.7. The second kappa shape index (κ2) is 7.77. The van der Waals surface area contributed by atoms with Gasteiger partial charge in [-0.1, -0.05) is 19.1 Å². The Hall–Kier alpha value is -0.600. The van der Waals surface area contributed by atoms with Crippen LogP contribution in [0.5, 0.6) is 0 Å². The molecule has 0 bridgehead atoms. The third-order valence-electron chi connectivity index (χ3n) is 4.61. The molecule has 2 fully saturated rings. The van der Waals surface area contributed by atoms with Crippen LogP contribution in [0.2, 0.25) is 0 Å². The fourth-order valence-electron chi connectivity index (χ4n) is 3.31. The molecule has 5 N–H and O–H groups in total. The van der Waals surface area contributed by atoms with Gasteiger partial charge in [-0.2, -0.15) is 8.62 Å². The molecule has 3 rings (SSSR count). The van der Waals surface area contributed by atoms with Crippen molar-refractivity contribution in [3.8, 4) is 0 Å². The van der Waals surface area contributed by atoms with Crippen LogP contribution in [-0.4, -0.2) is 41.3 Å². The van der Waals surface area contributed by atoms with Gasteiger partial charge in [0.05, 0.1) is 18.4 Å². The topological polar surface area (TPSA) is 207 Å². The summed E-state index contributed by atoms with van der Waals surface area (Å²) in [7, 11) is -16.5. The van der Waals surface area contributed by atoms with E-state index in [-0.39, 0.29) is 16.5 Å². The first-order chi connectivity index (χ1) is 13.5. The molecule has 2 aliphatic rings. The zero-order chi connectivity index (χ0) is 22.7. The molecule has 2 heterocycles. The van der Waals surface area contributed by atoms with Crippen LogP contribution in [0.25, 0.3) is 0 Å². The van der Waals surface area contributed by atoms with Gasteiger partial charge in [-0.25, -0.2) is 22.9 Å². The average Bonchev–Trinajstić information content (AvgIpc) is 3.19. The van der Waals surface area contributed by atoms with Gasteiger partial charge >= 0.3 is 29.2 Å². The van der Waals surface area contributed by atoms with Gasteiger partial charge in [-0.3, -0.25) is 14.1 Å². The summed E-state index contributed by atoms with van der Waals surface area (Å²) in [6.07, 6.45) is 0.242. The monoisotopic (exact) mass is 512 g/mol. The molecule has 1 aromatic rings. The molecule has 6 unspecified atom stereocenters. The summed E-state index contributed by atoms with van der Waals surface area (Å²) in [6, 6.07) is 0. The normalized spacial score (nSPS) is 32.3. The lowest BCUT2D eigenvalue weighted by molar-refractivity contribution is -0.0722. The lowest BCUT2D eigenvalue weighted by atomic mass is 10.0. The number of halogens is 1. The Bertz CT molecular complexity index is 1120. The van der Waals surface area contributed by atoms with Gasteiger partial charge in [0.2, 0.25) is 0 Å². The molecular formula is C11H16FN2O12P3S. The number of hydrogen-bond acceptors (Lipinski definition) is 9. The second-order valence-corrected chi connectivity index (χ2v) is 11.6. The van der Waals surface area contributed by atoms with E-state index in [0.29, 0.717) is 6.42 Å². The first kappa shape index (κ1) is 24.1. The van der Waals surface area contributed by atoms with Crippen LogP contribution >= 0.6 is 35.7 Å². The standard InChI is InChI=1S/C11H16FN2O12P3S/c1-5-6-2-11(6,24-9(5)14-3-7(12)8(30)13-10(14)15)4-23-28(19,20)26-29(21,22)25-27(16,17)18/h3,5-6,9H,2,4H2,1H3,(H,19,20)(H,21,22)(H,13,15,30)(H2,16,17,18). The maximum Gasteiger partial charge on any atom is 0.490 e. The van der Waals surface area contributed by atoms with Crippen molar-refractivity contribution < 1.29 is 55.5 Å². The summed E-state index contributed by atoms with van der Waals surface area (Å²) < 4.78 is 65.8. The molecule has 30 heavy (non-hydrogen) atoms. The zero-order valence-corrected chi connectivity index (χ0v) is 18.4. The fourth-order valence-corrected chi connectivity index (χ4v) is 6.53. The Balaban J connectivity index is 1.69. The summed E-state index contributed by atoms with van der Waals surface area (Å²) in [5, 5.41) is 0. The van der Waals surface area contributed by atoms with Crippen LogP contribution in [0, 0.1) is 22.3 Å². The minimum atomic E-state index is -5.64. The number of H-pyrrole nitrogens is 1. The molecule has 170 valence electrons. The maximum atomic E-state index is 13.7. The van der Waals surface area contributed by atoms with E-state index in [4.69, 9.17) is 19.4 Å². The van der Waals surface area contributed by atoms with Crippen LogP contribution in [-0.2, 0) is 31.6 Å². The van der Waals surface area contributed by atoms with E-state index < -0.39 is 53.4 Å². The first-order valence-corrected chi connectivity index (χ1v) is 12.9. The Morgan fingerprint density at radius 2 is 1.93 bits per heavy atom. The Labute approximate surface area is 172 Å². The average molecular weight is 512 g/mol. The highest BCUT2D eigenvalue weighted by molar-refractivity contribution is 7.71. The highest BCUT2D eigenvalue weighted by Crippen LogP contribution is 2.68. The number of phosphoric acid groups is 3. The summed E-state index contributed by atoms with van der Waals surface area (Å²) in [4.78, 5) is 49.9. The molecule has 0 aromatic carbocycles. The van der Waals surface area contributed by atoms with E-state index in [0.717, 1.165) is 10.8 Å². The van der Waals surface area contributed by atoms with Crippen molar-refractivity contribution in [1.82, 2.24) is 9.55 Å². The lowest BCUT2D eigenvalue weighted by Gasteiger charge is -2.23. The van der Waals surface area contributed by atoms with Crippen LogP contribution in [0.3, 0.4) is 0 Å². The van der Waals surface area contributed by atoms with Gasteiger partial charge in [0, 0.05) is 5.92 Å². The summed E-state index contributed by atoms with van der Waals surface area (Å²) in [6.45, 7) is 1.06. The predicted molar refractivity (Wildman–Crippen MR) is 95.8 cm³/mol. The van der Waals surface area contributed by atoms with E-state index in [2.05, 4.69) is 30.3 Å². The van der Waals surface area contributed by atoms with E-state index in [9.17, 15) is 27.8 Å². The molecule has 0 radical (unpaired) electrons. The van der Waals surface area contributed by atoms with Crippen LogP contribution in [0.15, 0.2) is 11.0 Å². The van der Waals surface area contributed by atoms with Crippen LogP contribution < -0.4 is 5.69 Å². The number of aromatic amines is 1. The minimum absolute atomic E-state index is 0.270. The molecule has 1 aliphatic heterocycles. The van der Waals surface area contributed by atoms with Gasteiger partial charge in [0.1, 0.15) is 10.9 Å². The van der Waals surface area contributed by atoms with Gasteiger partial charge in [0.15, 0.2) is 5.82 Å². The third kappa shape index (κ3) is 5.23. The van der Waals surface area contributed by atoms with Crippen molar-refractivity contribution in [2.45, 2.75) is 25.2 Å². The van der Waals surface area contributed by atoms with Gasteiger partial charge in [-0.15, -0.1) is 0 Å². The molecule has 0 spiro atoms. The van der Waals surface area contributed by atoms with Crippen LogP contribution in [0.1, 0.15) is 19.6 Å². The van der Waals surface area contributed by atoms with Gasteiger partial charge < -0.3 is 24.3 Å². The zero-order valence-electron chi connectivity index (χ0n) is 14.9. The summed E-state index contributed by atoms with van der Waals surface area (Å²) >= 11 is 4.64. The van der Waals surface area contributed by atoms with Crippen molar-refractivity contribution in [1.29, 1.82) is 0 Å². The van der Waals surface area contributed by atoms with E-state index in [1.165, 1.54) is 0 Å². The largest absolute Gasteiger partial charge is 0.490 e. The van der Waals surface area contributed by atoms with Gasteiger partial charge in [-0.05, 0) is 12.3 Å². The number of hydrogen-bond donors (Lipinski definition) is 5. The number of aromatic nitrogens is 2. The SMILES string of the molecule is CC1C(n2cc(F)c(=S)[nH]c2=O)OC2(COP(=O)(O)OP(=O)(O)OP(=O)(O)O)CC12. The molecule has 19 heteroatoms. The Kier molecular flexibility index (Phi) is 6.23. The number of nitrogens with one attached hydrogen (secondary N) is 1. The molecule has 1 aromatic heterocycles. The predicted octanol–water partition coefficient (Wildman–Crippen LogP) is 1.31. The molecule has 0 amide bonds. The van der Waals surface area contributed by atoms with E-state index in [1.807, 2.05) is 0 Å². The number of phosphoric ester groups is 1. The quantitative estimate of drug-likeness (QED) is 0.246. The van der Waals surface area contributed by atoms with Crippen molar-refractivity contribution in [3.05, 3.63) is 27.1 Å². The highest BCUT2D eigenvalue weighted by Gasteiger charge is 2.67. The van der Waals surface area contributed by atoms with Crippen molar-refractivity contribution in [2.75, 3.05) is 6.61 Å². The molecule has 6 atom stereocenters. The summed E-state index contributed by atoms with van der Waals surface area (Å²) in [5.74, 6) is -1.48. The number of rotatable bonds is 8. The third-order valence-corrected chi connectivity index (χ3v) is 8.69. The highest BCUT2D eigenvalue weighted by atomic mass is 32.1. The molecule has 1 saturated heterocycles. The number of fused-ring (bicyclic) bond motifs is 1. The first-order valence-electron chi connectivity index (χ1n) is 8.01. The molecule has 1 saturated carbocycles. The summed E-state index contributed by atoms with van der Waals surface area (Å²) in [5.41, 5.74) is -1.90. The number of ether oxygens (including phenoxy) is 1. The number of nitrogens with zero attached hydrogens (tertiary/aromatic N) is 1. The van der Waals surface area contributed by atoms with E-state index >= 15 is 0 Å². The second-order valence-electron chi connectivity index (χ2n) is 6.75. The molecular weight excluding hydrogens is 496 g/mol. The Morgan fingerprint density at radius 3 is 2.53 bits per heavy atom. The van der Waals surface area contributed by atoms with Crippen LogP contribution in [0.4, 0.5) is 4.39 Å². The van der Waals surface area contributed by atoms with Crippen molar-refractivity contribution in [2.24, 2.45) is 11.8 Å². The smallest absolute Gasteiger partial charge is 0.348 e. The fraction of sp³-hybridized carbons (Fsp3) is 0.636.